The van der Waals surface area contributed by atoms with Gasteiger partial charge in [0.15, 0.2) is 0 Å². The topological polar surface area (TPSA) is 0 Å². The van der Waals surface area contributed by atoms with Crippen LogP contribution in [0.25, 0.3) is 0 Å². The fourth-order valence-electron chi connectivity index (χ4n) is 2.08. The Morgan fingerprint density at radius 3 is 2.50 bits per heavy atom. The Bertz CT molecular complexity index is 295. The molecule has 0 aromatic heterocycles. The number of aryl methyl sites for hydroxylation is 1. The lowest BCUT2D eigenvalue weighted by molar-refractivity contribution is 0.673. The Hall–Kier alpha value is -1.04. The molecule has 0 saturated carbocycles. The summed E-state index contributed by atoms with van der Waals surface area (Å²) in [5.74, 6) is 0. The molecule has 14 heavy (non-hydrogen) atoms. The molecule has 0 saturated heterocycles. The van der Waals surface area contributed by atoms with Crippen LogP contribution in [0.4, 0.5) is 0 Å². The van der Waals surface area contributed by atoms with E-state index >= 15 is 0 Å². The number of allylic oxidation sites excluding steroid dienone is 2. The maximum Gasteiger partial charge on any atom is -0.0241 e. The Kier molecular flexibility index (Phi) is 3.39. The third-order valence-corrected chi connectivity index (χ3v) is 2.96. The van der Waals surface area contributed by atoms with Crippen molar-refractivity contribution < 1.29 is 0 Å². The lowest BCUT2D eigenvalue weighted by atomic mass is 9.94. The average molecular weight is 186 g/mol. The molecule has 0 N–H and O–H groups in total. The van der Waals surface area contributed by atoms with E-state index in [0.717, 1.165) is 0 Å². The average Bonchev–Trinajstić information content (AvgIpc) is 2.29. The molecule has 0 fully saturated rings. The van der Waals surface area contributed by atoms with Crippen molar-refractivity contribution in [3.05, 3.63) is 47.5 Å². The van der Waals surface area contributed by atoms with E-state index in [1.165, 1.54) is 44.1 Å². The van der Waals surface area contributed by atoms with E-state index in [2.05, 4.69) is 36.4 Å². The largest absolute Gasteiger partial charge is 0.0853 e. The standard InChI is InChI=1S/C14H18/c1-3-7-13(8-4-1)11-12-14-9-5-2-6-10-14/h1,3-4,7-9H,2,5-6,10-12H2. The molecule has 0 amide bonds. The van der Waals surface area contributed by atoms with Crippen molar-refractivity contribution in [3.8, 4) is 0 Å². The van der Waals surface area contributed by atoms with Gasteiger partial charge in [-0.15, -0.1) is 0 Å². The van der Waals surface area contributed by atoms with Gasteiger partial charge in [0, 0.05) is 0 Å². The summed E-state index contributed by atoms with van der Waals surface area (Å²) in [6.45, 7) is 0. The molecule has 0 radical (unpaired) electrons. The molecule has 0 spiro atoms. The van der Waals surface area contributed by atoms with Crippen molar-refractivity contribution in [1.82, 2.24) is 0 Å². The minimum Gasteiger partial charge on any atom is -0.0853 e. The molecule has 1 aromatic rings. The third kappa shape index (κ3) is 2.73. The quantitative estimate of drug-likeness (QED) is 0.623. The van der Waals surface area contributed by atoms with Gasteiger partial charge in [0.2, 0.25) is 0 Å². The Labute approximate surface area is 86.7 Å². The zero-order chi connectivity index (χ0) is 9.64. The first-order valence-electron chi connectivity index (χ1n) is 5.67. The normalized spacial score (nSPS) is 16.4. The first kappa shape index (κ1) is 9.51. The molecule has 0 heterocycles. The van der Waals surface area contributed by atoms with Crippen LogP contribution in [0.1, 0.15) is 37.7 Å². The predicted octanol–water partition coefficient (Wildman–Crippen LogP) is 4.12. The summed E-state index contributed by atoms with van der Waals surface area (Å²) in [5, 5.41) is 0. The summed E-state index contributed by atoms with van der Waals surface area (Å²) in [4.78, 5) is 0. The van der Waals surface area contributed by atoms with Crippen LogP contribution in [0.2, 0.25) is 0 Å². The van der Waals surface area contributed by atoms with E-state index in [-0.39, 0.29) is 0 Å². The van der Waals surface area contributed by atoms with Crippen LogP contribution in [0.5, 0.6) is 0 Å². The van der Waals surface area contributed by atoms with Gasteiger partial charge in [-0.3, -0.25) is 0 Å². The molecule has 0 aliphatic heterocycles. The van der Waals surface area contributed by atoms with Crippen LogP contribution < -0.4 is 0 Å². The monoisotopic (exact) mass is 186 g/mol. The van der Waals surface area contributed by atoms with Crippen molar-refractivity contribution in [3.63, 3.8) is 0 Å². The highest BCUT2D eigenvalue weighted by atomic mass is 14.1. The Morgan fingerprint density at radius 2 is 1.79 bits per heavy atom. The van der Waals surface area contributed by atoms with Gasteiger partial charge in [-0.2, -0.15) is 0 Å². The second-order valence-corrected chi connectivity index (χ2v) is 4.09. The lowest BCUT2D eigenvalue weighted by Gasteiger charge is -2.12. The van der Waals surface area contributed by atoms with Crippen LogP contribution in [0.15, 0.2) is 42.0 Å². The minimum atomic E-state index is 1.21. The van der Waals surface area contributed by atoms with Crippen molar-refractivity contribution in [2.75, 3.05) is 0 Å². The maximum atomic E-state index is 2.45. The maximum absolute atomic E-state index is 2.45. The zero-order valence-electron chi connectivity index (χ0n) is 8.71. The second-order valence-electron chi connectivity index (χ2n) is 4.09. The summed E-state index contributed by atoms with van der Waals surface area (Å²) >= 11 is 0. The van der Waals surface area contributed by atoms with E-state index in [1.54, 1.807) is 5.57 Å². The van der Waals surface area contributed by atoms with Crippen molar-refractivity contribution in [2.45, 2.75) is 38.5 Å². The molecule has 0 bridgehead atoms. The molecular weight excluding hydrogens is 168 g/mol. The van der Waals surface area contributed by atoms with E-state index < -0.39 is 0 Å². The highest BCUT2D eigenvalue weighted by molar-refractivity contribution is 5.17. The lowest BCUT2D eigenvalue weighted by Crippen LogP contribution is -1.94. The predicted molar refractivity (Wildman–Crippen MR) is 61.3 cm³/mol. The first-order valence-corrected chi connectivity index (χ1v) is 5.67. The summed E-state index contributed by atoms with van der Waals surface area (Å²) in [7, 11) is 0. The van der Waals surface area contributed by atoms with Crippen molar-refractivity contribution >= 4 is 0 Å². The van der Waals surface area contributed by atoms with E-state index in [4.69, 9.17) is 0 Å². The van der Waals surface area contributed by atoms with Gasteiger partial charge in [0.05, 0.1) is 0 Å². The smallest absolute Gasteiger partial charge is 0.0241 e. The number of benzene rings is 1. The van der Waals surface area contributed by atoms with Gasteiger partial charge in [-0.25, -0.2) is 0 Å². The van der Waals surface area contributed by atoms with E-state index in [9.17, 15) is 0 Å². The summed E-state index contributed by atoms with van der Waals surface area (Å²) < 4.78 is 0. The van der Waals surface area contributed by atoms with Crippen molar-refractivity contribution in [2.24, 2.45) is 0 Å². The van der Waals surface area contributed by atoms with Gasteiger partial charge in [0.1, 0.15) is 0 Å². The molecule has 0 heteroatoms. The fraction of sp³-hybridized carbons (Fsp3) is 0.429. The minimum absolute atomic E-state index is 1.21. The van der Waals surface area contributed by atoms with Crippen LogP contribution >= 0.6 is 0 Å². The third-order valence-electron chi connectivity index (χ3n) is 2.96. The summed E-state index contributed by atoms with van der Waals surface area (Å²) in [6, 6.07) is 10.8. The van der Waals surface area contributed by atoms with Crippen LogP contribution in [0, 0.1) is 0 Å². The van der Waals surface area contributed by atoms with Crippen LogP contribution in [-0.4, -0.2) is 0 Å². The fourth-order valence-corrected chi connectivity index (χ4v) is 2.08. The Balaban J connectivity index is 1.85. The van der Waals surface area contributed by atoms with Crippen LogP contribution in [-0.2, 0) is 6.42 Å². The number of hydrogen-bond donors (Lipinski definition) is 0. The molecule has 1 aromatic carbocycles. The SMILES string of the molecule is C1=C(CCc2ccccc2)CCCC1. The zero-order valence-corrected chi connectivity index (χ0v) is 8.71. The van der Waals surface area contributed by atoms with E-state index in [0.29, 0.717) is 0 Å². The molecule has 0 nitrogen and oxygen atoms in total. The number of rotatable bonds is 3. The molecule has 74 valence electrons. The van der Waals surface area contributed by atoms with Crippen LogP contribution in [0.3, 0.4) is 0 Å². The molecule has 2 rings (SSSR count). The number of hydrogen-bond acceptors (Lipinski definition) is 0. The highest BCUT2D eigenvalue weighted by Crippen LogP contribution is 2.21. The van der Waals surface area contributed by atoms with Gasteiger partial charge in [-0.1, -0.05) is 42.0 Å². The first-order chi connectivity index (χ1) is 6.95. The summed E-state index contributed by atoms with van der Waals surface area (Å²) in [5.41, 5.74) is 3.15. The molecule has 1 aliphatic rings. The van der Waals surface area contributed by atoms with Gasteiger partial charge in [0.25, 0.3) is 0 Å². The second kappa shape index (κ2) is 4.99. The van der Waals surface area contributed by atoms with Crippen molar-refractivity contribution in [1.29, 1.82) is 0 Å². The Morgan fingerprint density at radius 1 is 0.929 bits per heavy atom. The highest BCUT2D eigenvalue weighted by Gasteiger charge is 2.03. The van der Waals surface area contributed by atoms with Gasteiger partial charge < -0.3 is 0 Å². The molecule has 0 atom stereocenters. The summed E-state index contributed by atoms with van der Waals surface area (Å²) in [6.07, 6.45) is 10.4. The molecular formula is C14H18. The van der Waals surface area contributed by atoms with Gasteiger partial charge in [-0.05, 0) is 44.1 Å². The van der Waals surface area contributed by atoms with Gasteiger partial charge >= 0.3 is 0 Å². The molecule has 1 aliphatic carbocycles. The van der Waals surface area contributed by atoms with E-state index in [1.807, 2.05) is 0 Å². The molecule has 0 unspecified atom stereocenters.